The minimum absolute atomic E-state index is 0.272. The normalized spacial score (nSPS) is 12.0. The van der Waals surface area contributed by atoms with E-state index in [0.717, 1.165) is 18.0 Å². The molecule has 1 aromatic carbocycles. The van der Waals surface area contributed by atoms with E-state index in [1.165, 1.54) is 0 Å². The monoisotopic (exact) mass is 344 g/mol. The zero-order chi connectivity index (χ0) is 15.4. The summed E-state index contributed by atoms with van der Waals surface area (Å²) >= 11 is 12.8. The van der Waals surface area contributed by atoms with Gasteiger partial charge in [0, 0.05) is 15.7 Å². The van der Waals surface area contributed by atoms with Gasteiger partial charge in [0.1, 0.15) is 6.20 Å². The van der Waals surface area contributed by atoms with E-state index in [-0.39, 0.29) is 16.6 Å². The minimum atomic E-state index is -0.491. The first-order valence-corrected chi connectivity index (χ1v) is 7.43. The highest BCUT2D eigenvalue weighted by atomic mass is 35.5. The highest BCUT2D eigenvalue weighted by Crippen LogP contribution is 2.24. The maximum Gasteiger partial charge on any atom is 0.270 e. The average Bonchev–Trinajstić information content (AvgIpc) is 2.37. The third-order valence-electron chi connectivity index (χ3n) is 2.34. The number of aromatic amines is 1. The Morgan fingerprint density at radius 2 is 2.00 bits per heavy atom. The van der Waals surface area contributed by atoms with Crippen LogP contribution >= 0.6 is 35.0 Å². The van der Waals surface area contributed by atoms with E-state index in [1.807, 2.05) is 0 Å². The van der Waals surface area contributed by atoms with Crippen LogP contribution in [0.3, 0.4) is 0 Å². The summed E-state index contributed by atoms with van der Waals surface area (Å²) in [5.41, 5.74) is 0.124. The summed E-state index contributed by atoms with van der Waals surface area (Å²) in [7, 11) is 0. The van der Waals surface area contributed by atoms with Crippen molar-refractivity contribution in [2.45, 2.75) is 17.3 Å². The lowest BCUT2D eigenvalue weighted by Gasteiger charge is -2.11. The standard InChI is InChI=1S/C12H10Cl2N4O2S/c1-6(21-12-17-10(19)5-15-18-12)11(20)16-9-3-7(13)2-8(14)4-9/h2-6H,1H3,(H,16,20)(H,17,18,19)/t6-/m1/s1. The molecule has 1 atom stereocenters. The van der Waals surface area contributed by atoms with Crippen molar-refractivity contribution in [3.8, 4) is 0 Å². The summed E-state index contributed by atoms with van der Waals surface area (Å²) in [4.78, 5) is 25.7. The van der Waals surface area contributed by atoms with Crippen LogP contribution in [0.5, 0.6) is 0 Å². The SMILES string of the molecule is C[C@@H](Sc1nncc(=O)[nH]1)C(=O)Nc1cc(Cl)cc(Cl)c1. The van der Waals surface area contributed by atoms with Crippen molar-refractivity contribution in [3.63, 3.8) is 0 Å². The molecule has 0 aliphatic rings. The molecule has 6 nitrogen and oxygen atoms in total. The Bertz CT molecular complexity index is 702. The number of carbonyl (C=O) groups excluding carboxylic acids is 1. The maximum absolute atomic E-state index is 12.1. The van der Waals surface area contributed by atoms with Crippen molar-refractivity contribution in [3.05, 3.63) is 44.8 Å². The number of thioether (sulfide) groups is 1. The largest absolute Gasteiger partial charge is 0.325 e. The van der Waals surface area contributed by atoms with Gasteiger partial charge >= 0.3 is 0 Å². The number of hydrogen-bond donors (Lipinski definition) is 2. The van der Waals surface area contributed by atoms with Gasteiger partial charge in [-0.15, -0.1) is 5.10 Å². The van der Waals surface area contributed by atoms with Crippen LogP contribution in [0.15, 0.2) is 34.3 Å². The molecule has 2 N–H and O–H groups in total. The molecule has 0 unspecified atom stereocenters. The summed E-state index contributed by atoms with van der Waals surface area (Å²) in [6.07, 6.45) is 1.06. The first-order chi connectivity index (χ1) is 9.94. The Labute approximate surface area is 134 Å². The number of rotatable bonds is 4. The molecule has 9 heteroatoms. The number of H-pyrrole nitrogens is 1. The van der Waals surface area contributed by atoms with Crippen LogP contribution in [0, 0.1) is 0 Å². The van der Waals surface area contributed by atoms with Gasteiger partial charge in [0.2, 0.25) is 5.91 Å². The van der Waals surface area contributed by atoms with Crippen molar-refractivity contribution in [2.24, 2.45) is 0 Å². The molecule has 1 amide bonds. The highest BCUT2D eigenvalue weighted by Gasteiger charge is 2.16. The van der Waals surface area contributed by atoms with Crippen molar-refractivity contribution in [2.75, 3.05) is 5.32 Å². The molecule has 0 aliphatic carbocycles. The molecular weight excluding hydrogens is 335 g/mol. The van der Waals surface area contributed by atoms with Crippen LogP contribution in [-0.4, -0.2) is 26.3 Å². The third-order valence-corrected chi connectivity index (χ3v) is 3.75. The van der Waals surface area contributed by atoms with Crippen molar-refractivity contribution < 1.29 is 4.79 Å². The predicted octanol–water partition coefficient (Wildman–Crippen LogP) is 2.59. The number of aromatic nitrogens is 3. The van der Waals surface area contributed by atoms with Gasteiger partial charge in [-0.2, -0.15) is 5.10 Å². The van der Waals surface area contributed by atoms with Gasteiger partial charge in [-0.05, 0) is 25.1 Å². The van der Waals surface area contributed by atoms with E-state index in [2.05, 4.69) is 20.5 Å². The zero-order valence-corrected chi connectivity index (χ0v) is 13.1. The molecule has 0 fully saturated rings. The fourth-order valence-electron chi connectivity index (χ4n) is 1.44. The minimum Gasteiger partial charge on any atom is -0.325 e. The van der Waals surface area contributed by atoms with E-state index in [9.17, 15) is 9.59 Å². The molecule has 0 aliphatic heterocycles. The fourth-order valence-corrected chi connectivity index (χ4v) is 2.72. The quantitative estimate of drug-likeness (QED) is 0.832. The first kappa shape index (κ1) is 15.8. The van der Waals surface area contributed by atoms with Gasteiger partial charge in [0.15, 0.2) is 5.16 Å². The van der Waals surface area contributed by atoms with E-state index in [1.54, 1.807) is 25.1 Å². The molecule has 2 rings (SSSR count). The number of amides is 1. The lowest BCUT2D eigenvalue weighted by Crippen LogP contribution is -2.23. The zero-order valence-electron chi connectivity index (χ0n) is 10.8. The Morgan fingerprint density at radius 1 is 1.33 bits per heavy atom. The summed E-state index contributed by atoms with van der Waals surface area (Å²) in [6.45, 7) is 1.68. The predicted molar refractivity (Wildman–Crippen MR) is 83.1 cm³/mol. The molecule has 1 aromatic heterocycles. The van der Waals surface area contributed by atoms with Crippen molar-refractivity contribution >= 4 is 46.6 Å². The van der Waals surface area contributed by atoms with Crippen molar-refractivity contribution in [1.29, 1.82) is 0 Å². The van der Waals surface area contributed by atoms with Crippen LogP contribution in [-0.2, 0) is 4.79 Å². The Hall–Kier alpha value is -1.57. The van der Waals surface area contributed by atoms with Gasteiger partial charge in [-0.1, -0.05) is 35.0 Å². The fraction of sp³-hybridized carbons (Fsp3) is 0.167. The van der Waals surface area contributed by atoms with Crippen LogP contribution in [0.2, 0.25) is 10.0 Å². The number of benzene rings is 1. The molecule has 0 bridgehead atoms. The summed E-state index contributed by atoms with van der Waals surface area (Å²) in [6, 6.07) is 4.75. The molecule has 0 saturated heterocycles. The van der Waals surface area contributed by atoms with E-state index >= 15 is 0 Å². The molecule has 2 aromatic rings. The summed E-state index contributed by atoms with van der Waals surface area (Å²) in [5, 5.41) is 10.6. The van der Waals surface area contributed by atoms with Gasteiger partial charge in [-0.3, -0.25) is 14.6 Å². The summed E-state index contributed by atoms with van der Waals surface area (Å²) < 4.78 is 0. The van der Waals surface area contributed by atoms with Crippen molar-refractivity contribution in [1.82, 2.24) is 15.2 Å². The second-order valence-corrected chi connectivity index (χ2v) is 6.25. The van der Waals surface area contributed by atoms with Gasteiger partial charge in [0.25, 0.3) is 5.56 Å². The Balaban J connectivity index is 2.04. The second-order valence-electron chi connectivity index (χ2n) is 4.05. The van der Waals surface area contributed by atoms with Crippen LogP contribution in [0.1, 0.15) is 6.92 Å². The summed E-state index contributed by atoms with van der Waals surface area (Å²) in [5.74, 6) is -0.273. The molecule has 110 valence electrons. The van der Waals surface area contributed by atoms with E-state index < -0.39 is 5.25 Å². The van der Waals surface area contributed by atoms with E-state index in [4.69, 9.17) is 23.2 Å². The first-order valence-electron chi connectivity index (χ1n) is 5.79. The highest BCUT2D eigenvalue weighted by molar-refractivity contribution is 8.00. The number of nitrogens with one attached hydrogen (secondary N) is 2. The molecule has 0 radical (unpaired) electrons. The van der Waals surface area contributed by atoms with Crippen LogP contribution in [0.4, 0.5) is 5.69 Å². The van der Waals surface area contributed by atoms with Crippen LogP contribution in [0.25, 0.3) is 0 Å². The smallest absolute Gasteiger partial charge is 0.270 e. The van der Waals surface area contributed by atoms with Gasteiger partial charge < -0.3 is 5.32 Å². The Morgan fingerprint density at radius 3 is 2.62 bits per heavy atom. The third kappa shape index (κ3) is 4.73. The lowest BCUT2D eigenvalue weighted by atomic mass is 10.3. The lowest BCUT2D eigenvalue weighted by molar-refractivity contribution is -0.115. The van der Waals surface area contributed by atoms with Gasteiger partial charge in [-0.25, -0.2) is 0 Å². The van der Waals surface area contributed by atoms with E-state index in [0.29, 0.717) is 15.7 Å². The molecular formula is C12H10Cl2N4O2S. The number of anilines is 1. The van der Waals surface area contributed by atoms with Gasteiger partial charge in [0.05, 0.1) is 5.25 Å². The Kier molecular flexibility index (Phi) is 5.22. The number of nitrogens with zero attached hydrogens (tertiary/aromatic N) is 2. The topological polar surface area (TPSA) is 87.7 Å². The number of hydrogen-bond acceptors (Lipinski definition) is 5. The number of halogens is 2. The maximum atomic E-state index is 12.1. The second kappa shape index (κ2) is 6.93. The molecule has 0 spiro atoms. The molecule has 1 heterocycles. The molecule has 21 heavy (non-hydrogen) atoms. The van der Waals surface area contributed by atoms with Crippen LogP contribution < -0.4 is 10.9 Å². The molecule has 0 saturated carbocycles. The number of carbonyl (C=O) groups is 1. The average molecular weight is 345 g/mol.